The Kier molecular flexibility index (Phi) is 4.34. The summed E-state index contributed by atoms with van der Waals surface area (Å²) < 4.78 is 5.73. The van der Waals surface area contributed by atoms with E-state index in [2.05, 4.69) is 26.1 Å². The summed E-state index contributed by atoms with van der Waals surface area (Å²) >= 11 is 9.22. The van der Waals surface area contributed by atoms with Crippen molar-refractivity contribution in [2.75, 3.05) is 6.54 Å². The van der Waals surface area contributed by atoms with Gasteiger partial charge in [0.15, 0.2) is 0 Å². The smallest absolute Gasteiger partial charge is 0.255 e. The minimum atomic E-state index is -0.827. The highest BCUT2D eigenvalue weighted by Crippen LogP contribution is 2.28. The zero-order valence-corrected chi connectivity index (χ0v) is 11.6. The van der Waals surface area contributed by atoms with Gasteiger partial charge in [0.05, 0.1) is 5.02 Å². The Labute approximate surface area is 117 Å². The van der Waals surface area contributed by atoms with Crippen LogP contribution in [0.5, 0.6) is 0 Å². The first-order valence-corrected chi connectivity index (χ1v) is 6.46. The van der Waals surface area contributed by atoms with Crippen molar-refractivity contribution in [2.45, 2.75) is 12.5 Å². The zero-order valence-electron chi connectivity index (χ0n) is 9.31. The summed E-state index contributed by atoms with van der Waals surface area (Å²) in [4.78, 5) is 4.12. The molecular weight excluding hydrogens is 321 g/mol. The third-order valence-corrected chi connectivity index (χ3v) is 3.56. The first kappa shape index (κ1) is 13.5. The van der Waals surface area contributed by atoms with Crippen molar-refractivity contribution in [1.82, 2.24) is 10.1 Å². The van der Waals surface area contributed by atoms with E-state index >= 15 is 0 Å². The predicted molar refractivity (Wildman–Crippen MR) is 71.1 cm³/mol. The Hall–Kier alpha value is -0.950. The Morgan fingerprint density at radius 1 is 1.50 bits per heavy atom. The average molecular weight is 333 g/mol. The molecule has 0 aliphatic carbocycles. The van der Waals surface area contributed by atoms with Crippen LogP contribution in [0.2, 0.25) is 5.02 Å². The minimum absolute atomic E-state index is 0.168. The van der Waals surface area contributed by atoms with Crippen molar-refractivity contribution in [2.24, 2.45) is 5.73 Å². The maximum absolute atomic E-state index is 9.67. The highest BCUT2D eigenvalue weighted by Gasteiger charge is 2.16. The number of nitrogens with two attached hydrogens (primary N) is 1. The summed E-state index contributed by atoms with van der Waals surface area (Å²) in [5.41, 5.74) is 6.10. The first-order chi connectivity index (χ1) is 8.61. The van der Waals surface area contributed by atoms with Crippen molar-refractivity contribution in [3.05, 3.63) is 33.6 Å². The van der Waals surface area contributed by atoms with Crippen LogP contribution in [0.3, 0.4) is 0 Å². The van der Waals surface area contributed by atoms with Crippen molar-refractivity contribution in [1.29, 1.82) is 0 Å². The lowest BCUT2D eigenvalue weighted by Crippen LogP contribution is -2.06. The Morgan fingerprint density at radius 3 is 2.94 bits per heavy atom. The second-order valence-corrected chi connectivity index (χ2v) is 4.94. The minimum Gasteiger partial charge on any atom is -0.383 e. The van der Waals surface area contributed by atoms with E-state index in [4.69, 9.17) is 21.9 Å². The highest BCUT2D eigenvalue weighted by molar-refractivity contribution is 9.10. The molecule has 1 atom stereocenters. The zero-order chi connectivity index (χ0) is 13.1. The number of benzene rings is 1. The first-order valence-electron chi connectivity index (χ1n) is 5.29. The number of rotatable bonds is 4. The van der Waals surface area contributed by atoms with Gasteiger partial charge in [0.25, 0.3) is 5.89 Å². The van der Waals surface area contributed by atoms with Crippen LogP contribution in [0.25, 0.3) is 11.4 Å². The van der Waals surface area contributed by atoms with E-state index < -0.39 is 6.10 Å². The third-order valence-electron chi connectivity index (χ3n) is 2.34. The molecule has 0 fully saturated rings. The molecule has 0 aliphatic heterocycles. The molecule has 18 heavy (non-hydrogen) atoms. The van der Waals surface area contributed by atoms with Gasteiger partial charge in [-0.25, -0.2) is 0 Å². The molecule has 1 aromatic heterocycles. The van der Waals surface area contributed by atoms with Gasteiger partial charge in [-0.1, -0.05) is 16.8 Å². The van der Waals surface area contributed by atoms with E-state index in [9.17, 15) is 5.11 Å². The van der Waals surface area contributed by atoms with Crippen molar-refractivity contribution < 1.29 is 9.63 Å². The number of aliphatic hydroxyl groups excluding tert-OH is 1. The summed E-state index contributed by atoms with van der Waals surface area (Å²) in [5.74, 6) is 0.569. The predicted octanol–water partition coefficient (Wildman–Crippen LogP) is 2.53. The second-order valence-electron chi connectivity index (χ2n) is 3.68. The van der Waals surface area contributed by atoms with Crippen LogP contribution in [-0.2, 0) is 0 Å². The summed E-state index contributed by atoms with van der Waals surface area (Å²) in [6, 6.07) is 5.29. The van der Waals surface area contributed by atoms with Gasteiger partial charge in [0.2, 0.25) is 5.82 Å². The molecule has 0 spiro atoms. The molecule has 3 N–H and O–H groups in total. The molecule has 96 valence electrons. The van der Waals surface area contributed by atoms with Gasteiger partial charge >= 0.3 is 0 Å². The number of halogens is 2. The molecular formula is C11H11BrClN3O2. The number of hydrogen-bond acceptors (Lipinski definition) is 5. The Balaban J connectivity index is 2.26. The normalized spacial score (nSPS) is 12.7. The van der Waals surface area contributed by atoms with Crippen molar-refractivity contribution in [3.63, 3.8) is 0 Å². The maximum Gasteiger partial charge on any atom is 0.255 e. The summed E-state index contributed by atoms with van der Waals surface area (Å²) in [5, 5.41) is 14.1. The van der Waals surface area contributed by atoms with Crippen LogP contribution >= 0.6 is 27.5 Å². The molecule has 0 saturated heterocycles. The van der Waals surface area contributed by atoms with Crippen LogP contribution in [0.4, 0.5) is 0 Å². The van der Waals surface area contributed by atoms with Crippen molar-refractivity contribution in [3.8, 4) is 11.4 Å². The van der Waals surface area contributed by atoms with Gasteiger partial charge in [0, 0.05) is 10.0 Å². The molecule has 5 nitrogen and oxygen atoms in total. The van der Waals surface area contributed by atoms with Crippen LogP contribution < -0.4 is 5.73 Å². The molecule has 0 amide bonds. The molecule has 0 unspecified atom stereocenters. The summed E-state index contributed by atoms with van der Waals surface area (Å²) in [6.07, 6.45) is -0.446. The van der Waals surface area contributed by atoms with Gasteiger partial charge in [-0.3, -0.25) is 0 Å². The number of hydrogen-bond donors (Lipinski definition) is 2. The van der Waals surface area contributed by atoms with E-state index in [1.807, 2.05) is 0 Å². The highest BCUT2D eigenvalue weighted by atomic mass is 79.9. The lowest BCUT2D eigenvalue weighted by atomic mass is 10.2. The largest absolute Gasteiger partial charge is 0.383 e. The van der Waals surface area contributed by atoms with Crippen LogP contribution in [0.15, 0.2) is 27.2 Å². The van der Waals surface area contributed by atoms with Gasteiger partial charge < -0.3 is 15.4 Å². The Morgan fingerprint density at radius 2 is 2.28 bits per heavy atom. The van der Waals surface area contributed by atoms with E-state index in [0.717, 1.165) is 10.0 Å². The average Bonchev–Trinajstić information content (AvgIpc) is 2.82. The van der Waals surface area contributed by atoms with Crippen LogP contribution in [0.1, 0.15) is 18.4 Å². The van der Waals surface area contributed by atoms with Gasteiger partial charge in [-0.05, 0) is 47.1 Å². The van der Waals surface area contributed by atoms with Gasteiger partial charge in [-0.15, -0.1) is 0 Å². The molecule has 0 aliphatic rings. The van der Waals surface area contributed by atoms with Crippen LogP contribution in [-0.4, -0.2) is 21.8 Å². The maximum atomic E-state index is 9.67. The van der Waals surface area contributed by atoms with Crippen molar-refractivity contribution >= 4 is 27.5 Å². The number of aliphatic hydroxyl groups is 1. The molecule has 2 rings (SSSR count). The van der Waals surface area contributed by atoms with Crippen LogP contribution in [0, 0.1) is 0 Å². The molecule has 7 heteroatoms. The monoisotopic (exact) mass is 331 g/mol. The van der Waals surface area contributed by atoms with E-state index in [1.54, 1.807) is 18.2 Å². The molecule has 2 aromatic rings. The summed E-state index contributed by atoms with van der Waals surface area (Å²) in [6.45, 7) is 0.353. The summed E-state index contributed by atoms with van der Waals surface area (Å²) in [7, 11) is 0. The lowest BCUT2D eigenvalue weighted by molar-refractivity contribution is 0.127. The SMILES string of the molecule is NCC[C@H](O)c1nc(-c2ccc(Cl)c(Br)c2)no1. The van der Waals surface area contributed by atoms with Gasteiger partial charge in [-0.2, -0.15) is 4.98 Å². The van der Waals surface area contributed by atoms with Gasteiger partial charge in [0.1, 0.15) is 6.10 Å². The fourth-order valence-corrected chi connectivity index (χ4v) is 1.90. The molecule has 1 aromatic carbocycles. The van der Waals surface area contributed by atoms with E-state index in [-0.39, 0.29) is 5.89 Å². The molecule has 0 saturated carbocycles. The topological polar surface area (TPSA) is 85.2 Å². The number of nitrogens with zero attached hydrogens (tertiary/aromatic N) is 2. The number of aromatic nitrogens is 2. The molecule has 1 heterocycles. The molecule has 0 bridgehead atoms. The van der Waals surface area contributed by atoms with E-state index in [0.29, 0.717) is 23.8 Å². The Bertz CT molecular complexity index is 547. The third kappa shape index (κ3) is 2.89. The lowest BCUT2D eigenvalue weighted by Gasteiger charge is -2.01. The fourth-order valence-electron chi connectivity index (χ4n) is 1.40. The standard InChI is InChI=1S/C11H11BrClN3O2/c12-7-5-6(1-2-8(7)13)10-15-11(18-16-10)9(17)3-4-14/h1-2,5,9,17H,3-4,14H2/t9-/m0/s1. The van der Waals surface area contributed by atoms with E-state index in [1.165, 1.54) is 0 Å². The second kappa shape index (κ2) is 5.79. The molecule has 0 radical (unpaired) electrons. The fraction of sp³-hybridized carbons (Fsp3) is 0.273. The quantitative estimate of drug-likeness (QED) is 0.898.